The molecule has 1 fully saturated rings. The lowest BCUT2D eigenvalue weighted by Gasteiger charge is -2.20. The molecule has 1 aliphatic heterocycles. The number of nitrogen functional groups attached to an aromatic ring is 1. The summed E-state index contributed by atoms with van der Waals surface area (Å²) in [6.45, 7) is 1.57. The van der Waals surface area contributed by atoms with Crippen molar-refractivity contribution in [3.05, 3.63) is 47.0 Å². The van der Waals surface area contributed by atoms with Gasteiger partial charge in [0, 0.05) is 40.9 Å². The second kappa shape index (κ2) is 7.81. The van der Waals surface area contributed by atoms with Gasteiger partial charge in [-0.25, -0.2) is 4.98 Å². The lowest BCUT2D eigenvalue weighted by atomic mass is 10.1. The van der Waals surface area contributed by atoms with Gasteiger partial charge in [-0.2, -0.15) is 18.2 Å². The molecule has 1 saturated heterocycles. The topological polar surface area (TPSA) is 79.1 Å². The van der Waals surface area contributed by atoms with Crippen LogP contribution in [0.5, 0.6) is 0 Å². The number of anilines is 4. The molecule has 0 unspecified atom stereocenters. The summed E-state index contributed by atoms with van der Waals surface area (Å²) in [6, 6.07) is 8.94. The zero-order chi connectivity index (χ0) is 21.5. The minimum absolute atomic E-state index is 0.00668. The van der Waals surface area contributed by atoms with Gasteiger partial charge in [-0.1, -0.05) is 11.6 Å². The normalized spacial score (nSPS) is 17.0. The van der Waals surface area contributed by atoms with Gasteiger partial charge in [0.05, 0.1) is 11.1 Å². The Morgan fingerprint density at radius 3 is 2.67 bits per heavy atom. The smallest absolute Gasteiger partial charge is 0.399 e. The third-order valence-electron chi connectivity index (χ3n) is 5.07. The third-order valence-corrected chi connectivity index (χ3v) is 5.31. The highest BCUT2D eigenvalue weighted by Gasteiger charge is 2.31. The monoisotopic (exact) mass is 436 g/mol. The fourth-order valence-electron chi connectivity index (χ4n) is 3.59. The molecular formula is C20H20ClF3N6. The van der Waals surface area contributed by atoms with Gasteiger partial charge < -0.3 is 21.3 Å². The Kier molecular flexibility index (Phi) is 5.33. The van der Waals surface area contributed by atoms with Crippen molar-refractivity contribution < 1.29 is 13.2 Å². The molecule has 4 rings (SSSR count). The van der Waals surface area contributed by atoms with Gasteiger partial charge in [-0.3, -0.25) is 0 Å². The molecule has 2 aromatic carbocycles. The molecule has 6 nitrogen and oxygen atoms in total. The van der Waals surface area contributed by atoms with Crippen LogP contribution < -0.4 is 21.3 Å². The average Bonchev–Trinajstić information content (AvgIpc) is 3.15. The molecule has 30 heavy (non-hydrogen) atoms. The van der Waals surface area contributed by atoms with Crippen LogP contribution in [0.25, 0.3) is 10.9 Å². The molecule has 3 aromatic rings. The summed E-state index contributed by atoms with van der Waals surface area (Å²) < 4.78 is 39.4. The van der Waals surface area contributed by atoms with Crippen molar-refractivity contribution in [2.45, 2.75) is 18.6 Å². The minimum Gasteiger partial charge on any atom is -0.399 e. The number of hydrogen-bond donors (Lipinski definition) is 3. The van der Waals surface area contributed by atoms with Gasteiger partial charge in [0.25, 0.3) is 0 Å². The van der Waals surface area contributed by atoms with Crippen LogP contribution in [-0.4, -0.2) is 36.1 Å². The predicted octanol–water partition coefficient (Wildman–Crippen LogP) is 4.43. The van der Waals surface area contributed by atoms with Gasteiger partial charge in [0.15, 0.2) is 0 Å². The number of halogens is 4. The van der Waals surface area contributed by atoms with E-state index in [9.17, 15) is 13.2 Å². The lowest BCUT2D eigenvalue weighted by molar-refractivity contribution is -0.137. The Labute approximate surface area is 176 Å². The highest BCUT2D eigenvalue weighted by molar-refractivity contribution is 6.31. The number of aromatic nitrogens is 2. The highest BCUT2D eigenvalue weighted by atomic mass is 35.5. The number of nitrogens with one attached hydrogen (secondary N) is 2. The summed E-state index contributed by atoms with van der Waals surface area (Å²) in [4.78, 5) is 11.2. The lowest BCUT2D eigenvalue weighted by Crippen LogP contribution is -2.30. The summed E-state index contributed by atoms with van der Waals surface area (Å²) in [5.74, 6) is 0.878. The number of nitrogens with zero attached hydrogens (tertiary/aromatic N) is 3. The van der Waals surface area contributed by atoms with Gasteiger partial charge in [0.2, 0.25) is 5.95 Å². The van der Waals surface area contributed by atoms with E-state index in [1.807, 2.05) is 13.1 Å². The summed E-state index contributed by atoms with van der Waals surface area (Å²) in [5, 5.41) is 7.46. The molecule has 2 heterocycles. The zero-order valence-electron chi connectivity index (χ0n) is 16.1. The van der Waals surface area contributed by atoms with Crippen LogP contribution in [-0.2, 0) is 6.18 Å². The number of rotatable bonds is 4. The molecule has 0 spiro atoms. The fraction of sp³-hybridized carbons (Fsp3) is 0.300. The number of hydrogen-bond acceptors (Lipinski definition) is 6. The molecule has 1 aliphatic rings. The van der Waals surface area contributed by atoms with E-state index in [2.05, 4.69) is 25.5 Å². The van der Waals surface area contributed by atoms with Crippen molar-refractivity contribution in [1.29, 1.82) is 0 Å². The summed E-state index contributed by atoms with van der Waals surface area (Å²) in [5.41, 5.74) is 5.57. The quantitative estimate of drug-likeness (QED) is 0.525. The largest absolute Gasteiger partial charge is 0.416 e. The van der Waals surface area contributed by atoms with Crippen LogP contribution in [0.3, 0.4) is 0 Å². The van der Waals surface area contributed by atoms with Crippen LogP contribution in [0.4, 0.5) is 36.3 Å². The van der Waals surface area contributed by atoms with Gasteiger partial charge in [-0.15, -0.1) is 0 Å². The molecule has 0 saturated carbocycles. The second-order valence-electron chi connectivity index (χ2n) is 7.22. The van der Waals surface area contributed by atoms with E-state index in [4.69, 9.17) is 17.3 Å². The maximum atomic E-state index is 13.1. The Morgan fingerprint density at radius 2 is 1.97 bits per heavy atom. The number of fused-ring (bicyclic) bond motifs is 1. The first kappa shape index (κ1) is 20.5. The molecule has 0 amide bonds. The van der Waals surface area contributed by atoms with Crippen LogP contribution in [0, 0.1) is 0 Å². The molecule has 0 bridgehead atoms. The van der Waals surface area contributed by atoms with E-state index in [0.29, 0.717) is 22.4 Å². The molecular weight excluding hydrogens is 417 g/mol. The Morgan fingerprint density at radius 1 is 1.17 bits per heavy atom. The fourth-order valence-corrected chi connectivity index (χ4v) is 3.75. The van der Waals surface area contributed by atoms with Crippen molar-refractivity contribution in [3.8, 4) is 0 Å². The highest BCUT2D eigenvalue weighted by Crippen LogP contribution is 2.34. The standard InChI is InChI=1S/C20H20ClF3N6/c1-26-14-4-5-30(10-14)18-16-3-2-12(21)8-17(16)28-19(29-18)27-15-7-11(20(22,23)24)6-13(25)9-15/h2-3,6-9,14,26H,4-5,10,25H2,1H3,(H,27,28,29)/t14-/m0/s1. The molecule has 158 valence electrons. The van der Waals surface area contributed by atoms with E-state index < -0.39 is 11.7 Å². The van der Waals surface area contributed by atoms with Crippen LogP contribution >= 0.6 is 11.6 Å². The SMILES string of the molecule is CN[C@H]1CCN(c2nc(Nc3cc(N)cc(C(F)(F)F)c3)nc3cc(Cl)ccc23)C1. The first-order valence-electron chi connectivity index (χ1n) is 9.37. The second-order valence-corrected chi connectivity index (χ2v) is 7.66. The maximum absolute atomic E-state index is 13.1. The first-order chi connectivity index (χ1) is 14.2. The van der Waals surface area contributed by atoms with Crippen LogP contribution in [0.2, 0.25) is 5.02 Å². The number of alkyl halides is 3. The van der Waals surface area contributed by atoms with Gasteiger partial charge in [0.1, 0.15) is 5.82 Å². The molecule has 1 atom stereocenters. The number of likely N-dealkylation sites (N-methyl/N-ethyl adjacent to an activating group) is 1. The van der Waals surface area contributed by atoms with E-state index >= 15 is 0 Å². The minimum atomic E-state index is -4.51. The number of benzene rings is 2. The van der Waals surface area contributed by atoms with E-state index in [1.54, 1.807) is 12.1 Å². The summed E-state index contributed by atoms with van der Waals surface area (Å²) >= 11 is 6.13. The summed E-state index contributed by atoms with van der Waals surface area (Å²) in [7, 11) is 1.91. The Balaban J connectivity index is 1.76. The van der Waals surface area contributed by atoms with Crippen molar-refractivity contribution in [3.63, 3.8) is 0 Å². The molecule has 0 radical (unpaired) electrons. The van der Waals surface area contributed by atoms with E-state index in [1.165, 1.54) is 6.07 Å². The Hall–Kier alpha value is -2.78. The average molecular weight is 437 g/mol. The first-order valence-corrected chi connectivity index (χ1v) is 9.75. The summed E-state index contributed by atoms with van der Waals surface area (Å²) in [6.07, 6.45) is -3.55. The van der Waals surface area contributed by atoms with Crippen LogP contribution in [0.15, 0.2) is 36.4 Å². The maximum Gasteiger partial charge on any atom is 0.416 e. The van der Waals surface area contributed by atoms with Crippen molar-refractivity contribution >= 4 is 45.6 Å². The van der Waals surface area contributed by atoms with Crippen molar-refractivity contribution in [2.24, 2.45) is 0 Å². The van der Waals surface area contributed by atoms with E-state index in [-0.39, 0.29) is 17.3 Å². The van der Waals surface area contributed by atoms with Gasteiger partial charge >= 0.3 is 6.18 Å². The van der Waals surface area contributed by atoms with Crippen molar-refractivity contribution in [1.82, 2.24) is 15.3 Å². The van der Waals surface area contributed by atoms with Crippen LogP contribution in [0.1, 0.15) is 12.0 Å². The molecule has 0 aliphatic carbocycles. The molecule has 1 aromatic heterocycles. The number of nitrogens with two attached hydrogens (primary N) is 1. The predicted molar refractivity (Wildman–Crippen MR) is 113 cm³/mol. The molecule has 10 heteroatoms. The third kappa shape index (κ3) is 4.22. The van der Waals surface area contributed by atoms with Gasteiger partial charge in [-0.05, 0) is 49.9 Å². The Bertz CT molecular complexity index is 1090. The molecule has 4 N–H and O–H groups in total. The zero-order valence-corrected chi connectivity index (χ0v) is 16.8. The van der Waals surface area contributed by atoms with E-state index in [0.717, 1.165) is 37.0 Å². The van der Waals surface area contributed by atoms with Crippen molar-refractivity contribution in [2.75, 3.05) is 36.1 Å².